The summed E-state index contributed by atoms with van der Waals surface area (Å²) in [5.41, 5.74) is 8.30. The number of anilines is 1. The predicted octanol–water partition coefficient (Wildman–Crippen LogP) is 0.982. The van der Waals surface area contributed by atoms with Crippen molar-refractivity contribution in [2.75, 3.05) is 18.9 Å². The fourth-order valence-electron chi connectivity index (χ4n) is 1.78. The van der Waals surface area contributed by atoms with E-state index in [9.17, 15) is 4.79 Å². The molecule has 1 aliphatic heterocycles. The molecule has 0 unspecified atom stereocenters. The Balaban J connectivity index is 2.47. The molecule has 0 amide bonds. The summed E-state index contributed by atoms with van der Waals surface area (Å²) in [5.74, 6) is 0.302. The summed E-state index contributed by atoms with van der Waals surface area (Å²) in [6, 6.07) is 1.86. The Labute approximate surface area is 88.4 Å². The minimum Gasteiger partial charge on any atom is -0.383 e. The van der Waals surface area contributed by atoms with E-state index < -0.39 is 0 Å². The first-order valence-corrected chi connectivity index (χ1v) is 5.05. The molecule has 2 heterocycles. The summed E-state index contributed by atoms with van der Waals surface area (Å²) in [5, 5.41) is 0. The molecule has 0 fully saturated rings. The van der Waals surface area contributed by atoms with Gasteiger partial charge < -0.3 is 10.5 Å². The zero-order valence-corrected chi connectivity index (χ0v) is 8.75. The normalized spacial score (nSPS) is 15.5. The average Bonchev–Trinajstić information content (AvgIpc) is 2.40. The van der Waals surface area contributed by atoms with Crippen molar-refractivity contribution >= 4 is 11.6 Å². The first-order valence-electron chi connectivity index (χ1n) is 5.05. The van der Waals surface area contributed by atoms with Gasteiger partial charge in [0.15, 0.2) is 5.78 Å². The number of nitrogen functional groups attached to an aromatic ring is 1. The predicted molar refractivity (Wildman–Crippen MR) is 56.9 cm³/mol. The molecule has 0 saturated heterocycles. The van der Waals surface area contributed by atoms with Gasteiger partial charge >= 0.3 is 0 Å². The highest BCUT2D eigenvalue weighted by molar-refractivity contribution is 5.98. The minimum atomic E-state index is -0.0343. The summed E-state index contributed by atoms with van der Waals surface area (Å²) in [6.45, 7) is 2.88. The lowest BCUT2D eigenvalue weighted by atomic mass is 10.0. The summed E-state index contributed by atoms with van der Waals surface area (Å²) < 4.78 is 5.35. The fourth-order valence-corrected chi connectivity index (χ4v) is 1.78. The van der Waals surface area contributed by atoms with E-state index in [2.05, 4.69) is 4.98 Å². The zero-order chi connectivity index (χ0) is 10.8. The number of hydrogen-bond acceptors (Lipinski definition) is 4. The van der Waals surface area contributed by atoms with Crippen LogP contribution in [0.3, 0.4) is 0 Å². The molecule has 1 aromatic rings. The number of ether oxygens (including phenoxy) is 1. The second kappa shape index (κ2) is 3.98. The van der Waals surface area contributed by atoms with E-state index >= 15 is 0 Å². The largest absolute Gasteiger partial charge is 0.383 e. The number of pyridine rings is 1. The number of carbonyl (C=O) groups is 1. The van der Waals surface area contributed by atoms with E-state index in [1.165, 1.54) is 6.92 Å². The minimum absolute atomic E-state index is 0.0343. The van der Waals surface area contributed by atoms with Crippen LogP contribution >= 0.6 is 0 Å². The molecule has 80 valence electrons. The van der Waals surface area contributed by atoms with Gasteiger partial charge in [0.1, 0.15) is 5.82 Å². The molecule has 15 heavy (non-hydrogen) atoms. The topological polar surface area (TPSA) is 65.2 Å². The Morgan fingerprint density at radius 3 is 2.93 bits per heavy atom. The molecule has 2 N–H and O–H groups in total. The van der Waals surface area contributed by atoms with E-state index in [0.717, 1.165) is 24.1 Å². The first kappa shape index (κ1) is 10.1. The molecule has 0 atom stereocenters. The SMILES string of the molecule is CC(=O)c1cc2c(nc1N)CCOCC2. The van der Waals surface area contributed by atoms with Gasteiger partial charge in [-0.2, -0.15) is 0 Å². The molecule has 0 aromatic carbocycles. The highest BCUT2D eigenvalue weighted by Crippen LogP contribution is 2.19. The van der Waals surface area contributed by atoms with Gasteiger partial charge in [-0.15, -0.1) is 0 Å². The maximum Gasteiger partial charge on any atom is 0.163 e. The van der Waals surface area contributed by atoms with Gasteiger partial charge in [-0.3, -0.25) is 4.79 Å². The number of ketones is 1. The first-order chi connectivity index (χ1) is 7.18. The van der Waals surface area contributed by atoms with Crippen molar-refractivity contribution < 1.29 is 9.53 Å². The Morgan fingerprint density at radius 2 is 2.20 bits per heavy atom. The molecule has 4 heteroatoms. The second-order valence-electron chi connectivity index (χ2n) is 3.70. The van der Waals surface area contributed by atoms with Crippen LogP contribution < -0.4 is 5.73 Å². The van der Waals surface area contributed by atoms with Crippen molar-refractivity contribution in [1.29, 1.82) is 0 Å². The average molecular weight is 206 g/mol. The summed E-state index contributed by atoms with van der Waals surface area (Å²) in [6.07, 6.45) is 1.58. The molecular formula is C11H14N2O2. The van der Waals surface area contributed by atoms with Crippen LogP contribution in [0.1, 0.15) is 28.5 Å². The summed E-state index contributed by atoms with van der Waals surface area (Å²) in [7, 11) is 0. The molecule has 2 rings (SSSR count). The van der Waals surface area contributed by atoms with Crippen molar-refractivity contribution in [3.8, 4) is 0 Å². The fraction of sp³-hybridized carbons (Fsp3) is 0.455. The number of Topliss-reactive ketones (excluding diaryl/α,β-unsaturated/α-hetero) is 1. The number of nitrogens with two attached hydrogens (primary N) is 1. The number of carbonyl (C=O) groups excluding carboxylic acids is 1. The molecule has 1 aliphatic rings. The lowest BCUT2D eigenvalue weighted by Gasteiger charge is -2.08. The summed E-state index contributed by atoms with van der Waals surface area (Å²) in [4.78, 5) is 15.6. The van der Waals surface area contributed by atoms with Crippen LogP contribution in [-0.4, -0.2) is 24.0 Å². The van der Waals surface area contributed by atoms with Crippen LogP contribution in [0.4, 0.5) is 5.82 Å². The van der Waals surface area contributed by atoms with Crippen molar-refractivity contribution in [3.05, 3.63) is 22.9 Å². The van der Waals surface area contributed by atoms with E-state index in [1.807, 2.05) is 6.07 Å². The maximum atomic E-state index is 11.3. The quantitative estimate of drug-likeness (QED) is 0.696. The van der Waals surface area contributed by atoms with Crippen molar-refractivity contribution in [3.63, 3.8) is 0 Å². The Morgan fingerprint density at radius 1 is 1.47 bits per heavy atom. The highest BCUT2D eigenvalue weighted by Gasteiger charge is 2.14. The number of nitrogens with zero attached hydrogens (tertiary/aromatic N) is 1. The lowest BCUT2D eigenvalue weighted by molar-refractivity contribution is 0.101. The number of rotatable bonds is 1. The smallest absolute Gasteiger partial charge is 0.163 e. The zero-order valence-electron chi connectivity index (χ0n) is 8.75. The Kier molecular flexibility index (Phi) is 2.68. The second-order valence-corrected chi connectivity index (χ2v) is 3.70. The van der Waals surface area contributed by atoms with Gasteiger partial charge in [0.25, 0.3) is 0 Å². The van der Waals surface area contributed by atoms with Gasteiger partial charge in [-0.1, -0.05) is 0 Å². The van der Waals surface area contributed by atoms with Gasteiger partial charge in [-0.05, 0) is 25.0 Å². The van der Waals surface area contributed by atoms with Gasteiger partial charge in [0.05, 0.1) is 18.8 Å². The molecule has 1 aromatic heterocycles. The maximum absolute atomic E-state index is 11.3. The molecule has 0 radical (unpaired) electrons. The van der Waals surface area contributed by atoms with Crippen LogP contribution in [0.5, 0.6) is 0 Å². The lowest BCUT2D eigenvalue weighted by Crippen LogP contribution is -2.08. The molecule has 4 nitrogen and oxygen atoms in total. The van der Waals surface area contributed by atoms with Crippen LogP contribution in [0.15, 0.2) is 6.07 Å². The third kappa shape index (κ3) is 1.99. The van der Waals surface area contributed by atoms with Crippen LogP contribution in [-0.2, 0) is 17.6 Å². The highest BCUT2D eigenvalue weighted by atomic mass is 16.5. The number of aromatic nitrogens is 1. The summed E-state index contributed by atoms with van der Waals surface area (Å²) >= 11 is 0. The Bertz CT molecular complexity index is 402. The van der Waals surface area contributed by atoms with E-state index in [0.29, 0.717) is 24.6 Å². The van der Waals surface area contributed by atoms with Crippen molar-refractivity contribution in [2.24, 2.45) is 0 Å². The number of fused-ring (bicyclic) bond motifs is 1. The van der Waals surface area contributed by atoms with E-state index in [4.69, 9.17) is 10.5 Å². The van der Waals surface area contributed by atoms with Gasteiger partial charge in [0.2, 0.25) is 0 Å². The van der Waals surface area contributed by atoms with Crippen molar-refractivity contribution in [2.45, 2.75) is 19.8 Å². The van der Waals surface area contributed by atoms with E-state index in [1.54, 1.807) is 0 Å². The van der Waals surface area contributed by atoms with Gasteiger partial charge in [0, 0.05) is 12.1 Å². The van der Waals surface area contributed by atoms with Crippen LogP contribution in [0, 0.1) is 0 Å². The molecule has 0 bridgehead atoms. The van der Waals surface area contributed by atoms with Crippen molar-refractivity contribution in [1.82, 2.24) is 4.98 Å². The van der Waals surface area contributed by atoms with Crippen LogP contribution in [0.2, 0.25) is 0 Å². The van der Waals surface area contributed by atoms with E-state index in [-0.39, 0.29) is 5.78 Å². The number of hydrogen-bond donors (Lipinski definition) is 1. The molecule has 0 spiro atoms. The standard InChI is InChI=1S/C11H14N2O2/c1-7(14)9-6-8-2-4-15-5-3-10(8)13-11(9)12/h6H,2-5H2,1H3,(H2,12,13). The Hall–Kier alpha value is -1.42. The monoisotopic (exact) mass is 206 g/mol. The third-order valence-corrected chi connectivity index (χ3v) is 2.60. The molecule has 0 aliphatic carbocycles. The van der Waals surface area contributed by atoms with Crippen LogP contribution in [0.25, 0.3) is 0 Å². The third-order valence-electron chi connectivity index (χ3n) is 2.60. The molecule has 0 saturated carbocycles. The molecular weight excluding hydrogens is 192 g/mol. The van der Waals surface area contributed by atoms with Gasteiger partial charge in [-0.25, -0.2) is 4.98 Å².